The molecule has 0 unspecified atom stereocenters. The highest BCUT2D eigenvalue weighted by Gasteiger charge is 2.21. The third kappa shape index (κ3) is 4.74. The van der Waals surface area contributed by atoms with Crippen molar-refractivity contribution < 1.29 is 4.79 Å². The normalized spacial score (nSPS) is 16.2. The van der Waals surface area contributed by atoms with Gasteiger partial charge >= 0.3 is 6.03 Å². The first-order chi connectivity index (χ1) is 11.2. The fourth-order valence-corrected chi connectivity index (χ4v) is 3.33. The van der Waals surface area contributed by atoms with Gasteiger partial charge in [0.15, 0.2) is 0 Å². The van der Waals surface area contributed by atoms with Gasteiger partial charge in [-0.05, 0) is 25.3 Å². The Labute approximate surface area is 139 Å². The highest BCUT2D eigenvalue weighted by Crippen LogP contribution is 2.15. The lowest BCUT2D eigenvalue weighted by Gasteiger charge is -2.32. The number of nitrogens with zero attached hydrogens (tertiary/aromatic N) is 3. The van der Waals surface area contributed by atoms with Crippen molar-refractivity contribution in [3.8, 4) is 0 Å². The number of anilines is 1. The van der Waals surface area contributed by atoms with Crippen molar-refractivity contribution in [1.82, 2.24) is 20.4 Å². The lowest BCUT2D eigenvalue weighted by Crippen LogP contribution is -2.45. The number of hydrogen-bond donors (Lipinski definition) is 2. The molecule has 1 aromatic heterocycles. The van der Waals surface area contributed by atoms with E-state index in [0.29, 0.717) is 5.13 Å². The van der Waals surface area contributed by atoms with Crippen molar-refractivity contribution in [2.24, 2.45) is 0 Å². The molecule has 1 saturated heterocycles. The summed E-state index contributed by atoms with van der Waals surface area (Å²) >= 11 is 1.38. The molecule has 1 aromatic carbocycles. The molecule has 7 heteroatoms. The number of likely N-dealkylation sites (tertiary alicyclic amines) is 1. The Balaban J connectivity index is 1.41. The molecule has 3 rings (SSSR count). The molecule has 0 aliphatic carbocycles. The molecule has 1 fully saturated rings. The predicted molar refractivity (Wildman–Crippen MR) is 91.5 cm³/mol. The second kappa shape index (κ2) is 7.52. The van der Waals surface area contributed by atoms with Gasteiger partial charge in [0.1, 0.15) is 5.01 Å². The number of benzene rings is 1. The lowest BCUT2D eigenvalue weighted by atomic mass is 10.0. The van der Waals surface area contributed by atoms with Crippen LogP contribution in [0.1, 0.15) is 23.4 Å². The Hall–Kier alpha value is -1.99. The van der Waals surface area contributed by atoms with Crippen molar-refractivity contribution >= 4 is 22.5 Å². The van der Waals surface area contributed by atoms with E-state index in [1.165, 1.54) is 16.9 Å². The van der Waals surface area contributed by atoms with Gasteiger partial charge in [-0.2, -0.15) is 0 Å². The van der Waals surface area contributed by atoms with Crippen LogP contribution in [0.4, 0.5) is 9.93 Å². The number of aryl methyl sites for hydroxylation is 1. The van der Waals surface area contributed by atoms with Gasteiger partial charge in [-0.15, -0.1) is 10.2 Å². The van der Waals surface area contributed by atoms with Gasteiger partial charge in [-0.1, -0.05) is 41.7 Å². The monoisotopic (exact) mass is 331 g/mol. The molecule has 2 aromatic rings. The first-order valence-electron chi connectivity index (χ1n) is 7.83. The summed E-state index contributed by atoms with van der Waals surface area (Å²) in [5, 5.41) is 14.9. The van der Waals surface area contributed by atoms with Crippen molar-refractivity contribution in [2.75, 3.05) is 18.4 Å². The number of piperidine rings is 1. The Morgan fingerprint density at radius 2 is 2.00 bits per heavy atom. The number of hydrogen-bond acceptors (Lipinski definition) is 5. The molecule has 122 valence electrons. The Morgan fingerprint density at radius 1 is 1.26 bits per heavy atom. The van der Waals surface area contributed by atoms with E-state index >= 15 is 0 Å². The maximum Gasteiger partial charge on any atom is 0.321 e. The summed E-state index contributed by atoms with van der Waals surface area (Å²) in [7, 11) is 0. The zero-order valence-corrected chi connectivity index (χ0v) is 14.0. The smallest absolute Gasteiger partial charge is 0.321 e. The number of carbonyl (C=O) groups excluding carboxylic acids is 1. The van der Waals surface area contributed by atoms with Crippen LogP contribution in [0.15, 0.2) is 30.3 Å². The molecule has 2 amide bonds. The molecular formula is C16H21N5OS. The second-order valence-corrected chi connectivity index (χ2v) is 6.94. The first-order valence-corrected chi connectivity index (χ1v) is 8.64. The van der Waals surface area contributed by atoms with E-state index in [-0.39, 0.29) is 12.1 Å². The SMILES string of the molecule is Cc1nnc(NC(=O)NC2CCN(Cc3ccccc3)CC2)s1. The Morgan fingerprint density at radius 3 is 2.65 bits per heavy atom. The summed E-state index contributed by atoms with van der Waals surface area (Å²) in [5.41, 5.74) is 1.34. The predicted octanol–water partition coefficient (Wildman–Crippen LogP) is 2.63. The molecule has 0 atom stereocenters. The standard InChI is InChI=1S/C16H21N5OS/c1-12-19-20-16(23-12)18-15(22)17-14-7-9-21(10-8-14)11-13-5-3-2-4-6-13/h2-6,14H,7-11H2,1H3,(H2,17,18,20,22). The van der Waals surface area contributed by atoms with E-state index in [0.717, 1.165) is 37.5 Å². The van der Waals surface area contributed by atoms with Gasteiger partial charge in [0.05, 0.1) is 0 Å². The molecule has 23 heavy (non-hydrogen) atoms. The van der Waals surface area contributed by atoms with Gasteiger partial charge in [-0.25, -0.2) is 4.79 Å². The van der Waals surface area contributed by atoms with E-state index in [4.69, 9.17) is 0 Å². The Bertz CT molecular complexity index is 637. The van der Waals surface area contributed by atoms with Crippen molar-refractivity contribution in [2.45, 2.75) is 32.4 Å². The summed E-state index contributed by atoms with van der Waals surface area (Å²) in [6, 6.07) is 10.5. The van der Waals surface area contributed by atoms with Crippen molar-refractivity contribution in [1.29, 1.82) is 0 Å². The minimum absolute atomic E-state index is 0.192. The van der Waals surface area contributed by atoms with Crippen LogP contribution in [0.2, 0.25) is 0 Å². The topological polar surface area (TPSA) is 70.1 Å². The molecular weight excluding hydrogens is 310 g/mol. The van der Waals surface area contributed by atoms with Gasteiger partial charge in [0.25, 0.3) is 0 Å². The number of amides is 2. The third-order valence-electron chi connectivity index (χ3n) is 3.92. The fraction of sp³-hybridized carbons (Fsp3) is 0.438. The molecule has 0 spiro atoms. The average Bonchev–Trinajstić information content (AvgIpc) is 2.95. The van der Waals surface area contributed by atoms with Crippen LogP contribution in [0, 0.1) is 6.92 Å². The summed E-state index contributed by atoms with van der Waals surface area (Å²) < 4.78 is 0. The molecule has 1 aliphatic rings. The maximum absolute atomic E-state index is 12.0. The fourth-order valence-electron chi connectivity index (χ4n) is 2.74. The molecule has 2 N–H and O–H groups in total. The van der Waals surface area contributed by atoms with Gasteiger partial charge in [-0.3, -0.25) is 10.2 Å². The zero-order valence-electron chi connectivity index (χ0n) is 13.2. The molecule has 0 radical (unpaired) electrons. The van der Waals surface area contributed by atoms with E-state index in [1.807, 2.05) is 13.0 Å². The zero-order chi connectivity index (χ0) is 16.1. The van der Waals surface area contributed by atoms with E-state index in [2.05, 4.69) is 50.0 Å². The summed E-state index contributed by atoms with van der Waals surface area (Å²) in [5.74, 6) is 0. The van der Waals surface area contributed by atoms with Crippen LogP contribution in [-0.4, -0.2) is 40.3 Å². The highest BCUT2D eigenvalue weighted by atomic mass is 32.1. The largest absolute Gasteiger partial charge is 0.335 e. The number of aromatic nitrogens is 2. The third-order valence-corrected chi connectivity index (χ3v) is 4.67. The quantitative estimate of drug-likeness (QED) is 0.903. The summed E-state index contributed by atoms with van der Waals surface area (Å²) in [6.45, 7) is 4.84. The molecule has 1 aliphatic heterocycles. The first kappa shape index (κ1) is 15.9. The molecule has 0 saturated carbocycles. The molecule has 2 heterocycles. The minimum atomic E-state index is -0.192. The maximum atomic E-state index is 12.0. The summed E-state index contributed by atoms with van der Waals surface area (Å²) in [4.78, 5) is 14.4. The van der Waals surface area contributed by atoms with E-state index < -0.39 is 0 Å². The highest BCUT2D eigenvalue weighted by molar-refractivity contribution is 7.15. The van der Waals surface area contributed by atoms with Gasteiger partial charge in [0, 0.05) is 25.7 Å². The number of rotatable bonds is 4. The van der Waals surface area contributed by atoms with Gasteiger partial charge in [0.2, 0.25) is 5.13 Å². The van der Waals surface area contributed by atoms with Crippen LogP contribution in [0.3, 0.4) is 0 Å². The van der Waals surface area contributed by atoms with Gasteiger partial charge < -0.3 is 5.32 Å². The number of nitrogens with one attached hydrogen (secondary N) is 2. The van der Waals surface area contributed by atoms with Crippen LogP contribution >= 0.6 is 11.3 Å². The number of urea groups is 1. The Kier molecular flexibility index (Phi) is 5.19. The lowest BCUT2D eigenvalue weighted by molar-refractivity contribution is 0.190. The summed E-state index contributed by atoms with van der Waals surface area (Å²) in [6.07, 6.45) is 1.94. The average molecular weight is 331 g/mol. The van der Waals surface area contributed by atoms with Crippen LogP contribution in [0.5, 0.6) is 0 Å². The van der Waals surface area contributed by atoms with Crippen molar-refractivity contribution in [3.63, 3.8) is 0 Å². The molecule has 0 bridgehead atoms. The van der Waals surface area contributed by atoms with Crippen LogP contribution in [0.25, 0.3) is 0 Å². The minimum Gasteiger partial charge on any atom is -0.335 e. The second-order valence-electron chi connectivity index (χ2n) is 5.76. The van der Waals surface area contributed by atoms with Crippen LogP contribution < -0.4 is 10.6 Å². The van der Waals surface area contributed by atoms with Crippen LogP contribution in [-0.2, 0) is 6.54 Å². The number of carbonyl (C=O) groups is 1. The van der Waals surface area contributed by atoms with E-state index in [9.17, 15) is 4.79 Å². The molecule has 6 nitrogen and oxygen atoms in total. The van der Waals surface area contributed by atoms with Crippen molar-refractivity contribution in [3.05, 3.63) is 40.9 Å². The van der Waals surface area contributed by atoms with E-state index in [1.54, 1.807) is 0 Å².